The Kier molecular flexibility index (Phi) is 4.42. The molecular formula is C14H10F4N2O. The lowest BCUT2D eigenvalue weighted by atomic mass is 10.3. The fourth-order valence-electron chi connectivity index (χ4n) is 1.57. The summed E-state index contributed by atoms with van der Waals surface area (Å²) in [6, 6.07) is 6.01. The molecule has 0 unspecified atom stereocenters. The van der Waals surface area contributed by atoms with Crippen LogP contribution in [-0.2, 0) is 4.79 Å². The summed E-state index contributed by atoms with van der Waals surface area (Å²) in [4.78, 5) is 11.6. The molecule has 0 aliphatic rings. The van der Waals surface area contributed by atoms with Gasteiger partial charge in [-0.2, -0.15) is 0 Å². The molecule has 0 bridgehead atoms. The third-order valence-electron chi connectivity index (χ3n) is 2.58. The average molecular weight is 298 g/mol. The van der Waals surface area contributed by atoms with Crippen LogP contribution in [0.3, 0.4) is 0 Å². The second kappa shape index (κ2) is 6.25. The van der Waals surface area contributed by atoms with Crippen LogP contribution in [0.5, 0.6) is 0 Å². The van der Waals surface area contributed by atoms with Gasteiger partial charge in [0.15, 0.2) is 23.3 Å². The molecule has 3 nitrogen and oxygen atoms in total. The zero-order valence-electron chi connectivity index (χ0n) is 10.6. The Hall–Kier alpha value is -2.57. The van der Waals surface area contributed by atoms with Gasteiger partial charge in [-0.25, -0.2) is 17.6 Å². The monoisotopic (exact) mass is 298 g/mol. The molecule has 0 saturated carbocycles. The van der Waals surface area contributed by atoms with Gasteiger partial charge in [-0.15, -0.1) is 0 Å². The Morgan fingerprint density at radius 3 is 1.90 bits per heavy atom. The van der Waals surface area contributed by atoms with Crippen LogP contribution in [0, 0.1) is 23.3 Å². The zero-order valence-corrected chi connectivity index (χ0v) is 10.6. The summed E-state index contributed by atoms with van der Waals surface area (Å²) in [5, 5.41) is 4.90. The number of benzene rings is 2. The highest BCUT2D eigenvalue weighted by Gasteiger charge is 2.07. The first-order valence-corrected chi connectivity index (χ1v) is 5.89. The number of carbonyl (C=O) groups is 1. The maximum atomic E-state index is 12.9. The van der Waals surface area contributed by atoms with Gasteiger partial charge < -0.3 is 10.6 Å². The lowest BCUT2D eigenvalue weighted by Gasteiger charge is -2.08. The van der Waals surface area contributed by atoms with Crippen molar-refractivity contribution in [2.75, 3.05) is 17.2 Å². The predicted octanol–water partition coefficient (Wildman–Crippen LogP) is 3.29. The van der Waals surface area contributed by atoms with Crippen molar-refractivity contribution in [2.45, 2.75) is 0 Å². The van der Waals surface area contributed by atoms with E-state index < -0.39 is 29.2 Å². The number of hydrogen-bond acceptors (Lipinski definition) is 2. The van der Waals surface area contributed by atoms with Crippen molar-refractivity contribution < 1.29 is 22.4 Å². The van der Waals surface area contributed by atoms with Gasteiger partial charge in [-0.05, 0) is 24.3 Å². The number of carbonyl (C=O) groups excluding carboxylic acids is 1. The van der Waals surface area contributed by atoms with E-state index in [4.69, 9.17) is 0 Å². The Bertz CT molecular complexity index is 676. The van der Waals surface area contributed by atoms with Crippen molar-refractivity contribution in [1.82, 2.24) is 0 Å². The number of nitrogens with one attached hydrogen (secondary N) is 2. The number of halogens is 4. The third-order valence-corrected chi connectivity index (χ3v) is 2.58. The van der Waals surface area contributed by atoms with E-state index >= 15 is 0 Å². The van der Waals surface area contributed by atoms with Gasteiger partial charge in [0, 0.05) is 23.5 Å². The molecule has 0 aliphatic heterocycles. The minimum absolute atomic E-state index is 0.0889. The van der Waals surface area contributed by atoms with E-state index in [-0.39, 0.29) is 17.9 Å². The van der Waals surface area contributed by atoms with Crippen molar-refractivity contribution >= 4 is 17.3 Å². The van der Waals surface area contributed by atoms with E-state index in [1.54, 1.807) is 0 Å². The van der Waals surface area contributed by atoms with Gasteiger partial charge in [0.1, 0.15) is 0 Å². The number of amides is 1. The van der Waals surface area contributed by atoms with Gasteiger partial charge in [-0.1, -0.05) is 0 Å². The van der Waals surface area contributed by atoms with Gasteiger partial charge in [-0.3, -0.25) is 4.79 Å². The molecule has 21 heavy (non-hydrogen) atoms. The standard InChI is InChI=1S/C14H10F4N2O/c15-10-3-1-8(5-12(10)17)19-7-14(21)20-9-2-4-11(16)13(18)6-9/h1-6,19H,7H2,(H,20,21). The van der Waals surface area contributed by atoms with Crippen LogP contribution in [0.15, 0.2) is 36.4 Å². The van der Waals surface area contributed by atoms with E-state index in [2.05, 4.69) is 10.6 Å². The summed E-state index contributed by atoms with van der Waals surface area (Å²) in [6.07, 6.45) is 0. The first kappa shape index (κ1) is 14.8. The molecule has 2 aromatic rings. The summed E-state index contributed by atoms with van der Waals surface area (Å²) in [6.45, 7) is -0.246. The van der Waals surface area contributed by atoms with E-state index in [1.807, 2.05) is 0 Å². The molecule has 2 N–H and O–H groups in total. The highest BCUT2D eigenvalue weighted by Crippen LogP contribution is 2.14. The van der Waals surface area contributed by atoms with Crippen LogP contribution >= 0.6 is 0 Å². The van der Waals surface area contributed by atoms with Gasteiger partial charge in [0.05, 0.1) is 6.54 Å². The fraction of sp³-hybridized carbons (Fsp3) is 0.0714. The molecule has 110 valence electrons. The van der Waals surface area contributed by atoms with Crippen molar-refractivity contribution in [3.05, 3.63) is 59.7 Å². The van der Waals surface area contributed by atoms with Crippen LogP contribution in [0.2, 0.25) is 0 Å². The van der Waals surface area contributed by atoms with Gasteiger partial charge in [0.2, 0.25) is 5.91 Å². The van der Waals surface area contributed by atoms with Gasteiger partial charge >= 0.3 is 0 Å². The molecule has 2 aromatic carbocycles. The number of hydrogen-bond donors (Lipinski definition) is 2. The Balaban J connectivity index is 1.92. The summed E-state index contributed by atoms with van der Waals surface area (Å²) >= 11 is 0. The minimum atomic E-state index is -1.08. The zero-order chi connectivity index (χ0) is 15.4. The van der Waals surface area contributed by atoms with E-state index in [1.165, 1.54) is 12.1 Å². The largest absolute Gasteiger partial charge is 0.376 e. The highest BCUT2D eigenvalue weighted by molar-refractivity contribution is 5.93. The molecule has 0 atom stereocenters. The Morgan fingerprint density at radius 2 is 1.33 bits per heavy atom. The molecule has 0 heterocycles. The highest BCUT2D eigenvalue weighted by atomic mass is 19.2. The molecule has 0 spiro atoms. The average Bonchev–Trinajstić information content (AvgIpc) is 2.44. The van der Waals surface area contributed by atoms with Crippen molar-refractivity contribution in [3.8, 4) is 0 Å². The molecule has 0 radical (unpaired) electrons. The van der Waals surface area contributed by atoms with Crippen molar-refractivity contribution in [2.24, 2.45) is 0 Å². The van der Waals surface area contributed by atoms with Gasteiger partial charge in [0.25, 0.3) is 0 Å². The van der Waals surface area contributed by atoms with Crippen molar-refractivity contribution in [1.29, 1.82) is 0 Å². The third kappa shape index (κ3) is 3.95. The smallest absolute Gasteiger partial charge is 0.243 e. The van der Waals surface area contributed by atoms with Crippen LogP contribution in [0.1, 0.15) is 0 Å². The molecule has 0 aliphatic carbocycles. The summed E-state index contributed by atoms with van der Waals surface area (Å²) in [7, 11) is 0. The van der Waals surface area contributed by atoms with E-state index in [0.717, 1.165) is 24.3 Å². The number of anilines is 2. The maximum Gasteiger partial charge on any atom is 0.243 e. The normalized spacial score (nSPS) is 10.3. The van der Waals surface area contributed by atoms with Crippen LogP contribution in [0.25, 0.3) is 0 Å². The molecule has 0 aromatic heterocycles. The SMILES string of the molecule is O=C(CNc1ccc(F)c(F)c1)Nc1ccc(F)c(F)c1. The number of rotatable bonds is 4. The van der Waals surface area contributed by atoms with E-state index in [0.29, 0.717) is 0 Å². The summed E-state index contributed by atoms with van der Waals surface area (Å²) in [5.74, 6) is -4.69. The molecule has 1 amide bonds. The summed E-state index contributed by atoms with van der Waals surface area (Å²) in [5.41, 5.74) is 0.306. The molecule has 0 fully saturated rings. The first-order valence-electron chi connectivity index (χ1n) is 5.89. The topological polar surface area (TPSA) is 41.1 Å². The lowest BCUT2D eigenvalue weighted by molar-refractivity contribution is -0.114. The van der Waals surface area contributed by atoms with Crippen LogP contribution in [0.4, 0.5) is 28.9 Å². The Morgan fingerprint density at radius 1 is 0.810 bits per heavy atom. The minimum Gasteiger partial charge on any atom is -0.376 e. The maximum absolute atomic E-state index is 12.9. The Labute approximate surface area is 117 Å². The molecular weight excluding hydrogens is 288 g/mol. The molecule has 7 heteroatoms. The van der Waals surface area contributed by atoms with Crippen LogP contribution < -0.4 is 10.6 Å². The van der Waals surface area contributed by atoms with E-state index in [9.17, 15) is 22.4 Å². The van der Waals surface area contributed by atoms with Crippen molar-refractivity contribution in [3.63, 3.8) is 0 Å². The lowest BCUT2D eigenvalue weighted by Crippen LogP contribution is -2.21. The fourth-order valence-corrected chi connectivity index (χ4v) is 1.57. The molecule has 0 saturated heterocycles. The first-order chi connectivity index (χ1) is 9.95. The quantitative estimate of drug-likeness (QED) is 0.850. The van der Waals surface area contributed by atoms with Crippen LogP contribution in [-0.4, -0.2) is 12.5 Å². The summed E-state index contributed by atoms with van der Waals surface area (Å²) < 4.78 is 51.3. The second-order valence-electron chi connectivity index (χ2n) is 4.16. The predicted molar refractivity (Wildman–Crippen MR) is 69.8 cm³/mol. The second-order valence-corrected chi connectivity index (χ2v) is 4.16. The molecule has 2 rings (SSSR count).